The number of hydrogen-bond donors (Lipinski definition) is 1. The Balaban J connectivity index is 3.10. The Bertz CT molecular complexity index is 316. The summed E-state index contributed by atoms with van der Waals surface area (Å²) in [6, 6.07) is 2.86. The van der Waals surface area contributed by atoms with Gasteiger partial charge < -0.3 is 5.73 Å². The summed E-state index contributed by atoms with van der Waals surface area (Å²) in [6.45, 7) is -0.618. The van der Waals surface area contributed by atoms with Gasteiger partial charge >= 0.3 is 0 Å². The summed E-state index contributed by atoms with van der Waals surface area (Å²) >= 11 is 3.02. The van der Waals surface area contributed by atoms with Gasteiger partial charge in [0.25, 0.3) is 5.91 Å². The Labute approximate surface area is 76.9 Å². The first-order valence-electron chi connectivity index (χ1n) is 3.16. The molecule has 1 heterocycles. The number of amides is 1. The molecule has 5 heteroatoms. The van der Waals surface area contributed by atoms with Gasteiger partial charge in [-0.15, -0.1) is 0 Å². The van der Waals surface area contributed by atoms with Crippen molar-refractivity contribution < 1.29 is 9.18 Å². The van der Waals surface area contributed by atoms with Gasteiger partial charge in [-0.2, -0.15) is 0 Å². The highest BCUT2D eigenvalue weighted by molar-refractivity contribution is 9.10. The fourth-order valence-corrected chi connectivity index (χ4v) is 1.13. The molecule has 12 heavy (non-hydrogen) atoms. The van der Waals surface area contributed by atoms with E-state index in [9.17, 15) is 9.18 Å². The average molecular weight is 233 g/mol. The predicted molar refractivity (Wildman–Crippen MR) is 45.3 cm³/mol. The maximum Gasteiger partial charge on any atom is 0.267 e. The van der Waals surface area contributed by atoms with Crippen LogP contribution in [0.15, 0.2) is 16.7 Å². The summed E-state index contributed by atoms with van der Waals surface area (Å²) in [5.74, 6) is -0.624. The van der Waals surface area contributed by atoms with E-state index in [0.717, 1.165) is 0 Å². The minimum Gasteiger partial charge on any atom is -0.364 e. The maximum absolute atomic E-state index is 12.1. The Morgan fingerprint density at radius 2 is 2.33 bits per heavy atom. The third kappa shape index (κ3) is 1.79. The van der Waals surface area contributed by atoms with E-state index in [-0.39, 0.29) is 5.69 Å². The SMILES string of the molecule is NC(=O)c1ccc(CF)c(Br)n1. The monoisotopic (exact) mass is 232 g/mol. The summed E-state index contributed by atoms with van der Waals surface area (Å²) in [5.41, 5.74) is 5.49. The standard InChI is InChI=1S/C7H6BrFN2O/c8-6-4(3-9)1-2-5(11-6)7(10)12/h1-2H,3H2,(H2,10,12). The number of rotatable bonds is 2. The largest absolute Gasteiger partial charge is 0.364 e. The number of aromatic nitrogens is 1. The lowest BCUT2D eigenvalue weighted by Gasteiger charge is -1.99. The molecule has 0 bridgehead atoms. The smallest absolute Gasteiger partial charge is 0.267 e. The summed E-state index contributed by atoms with van der Waals surface area (Å²) in [7, 11) is 0. The van der Waals surface area contributed by atoms with Gasteiger partial charge in [-0.1, -0.05) is 6.07 Å². The van der Waals surface area contributed by atoms with E-state index in [1.807, 2.05) is 0 Å². The van der Waals surface area contributed by atoms with Gasteiger partial charge in [-0.05, 0) is 22.0 Å². The normalized spacial score (nSPS) is 9.83. The molecule has 0 aromatic carbocycles. The van der Waals surface area contributed by atoms with Crippen molar-refractivity contribution in [2.24, 2.45) is 5.73 Å². The lowest BCUT2D eigenvalue weighted by molar-refractivity contribution is 0.0995. The van der Waals surface area contributed by atoms with Crippen LogP contribution in [-0.2, 0) is 6.67 Å². The van der Waals surface area contributed by atoms with Crippen molar-refractivity contribution in [2.45, 2.75) is 6.67 Å². The second-order valence-corrected chi connectivity index (χ2v) is 2.90. The molecule has 64 valence electrons. The third-order valence-corrected chi connectivity index (χ3v) is 2.01. The molecule has 1 aromatic rings. The lowest BCUT2D eigenvalue weighted by atomic mass is 10.2. The first kappa shape index (κ1) is 9.12. The highest BCUT2D eigenvalue weighted by Gasteiger charge is 2.05. The quantitative estimate of drug-likeness (QED) is 0.785. The van der Waals surface area contributed by atoms with Crippen molar-refractivity contribution in [3.8, 4) is 0 Å². The molecule has 0 fully saturated rings. The highest BCUT2D eigenvalue weighted by atomic mass is 79.9. The third-order valence-electron chi connectivity index (χ3n) is 1.32. The van der Waals surface area contributed by atoms with E-state index < -0.39 is 12.6 Å². The number of nitrogens with two attached hydrogens (primary N) is 1. The number of alkyl halides is 1. The number of halogens is 2. The second-order valence-electron chi connectivity index (χ2n) is 2.14. The Morgan fingerprint density at radius 1 is 1.67 bits per heavy atom. The van der Waals surface area contributed by atoms with E-state index in [4.69, 9.17) is 5.73 Å². The molecule has 0 saturated carbocycles. The molecule has 0 aliphatic heterocycles. The minimum absolute atomic E-state index is 0.124. The van der Waals surface area contributed by atoms with Crippen LogP contribution in [0.5, 0.6) is 0 Å². The Kier molecular flexibility index (Phi) is 2.75. The van der Waals surface area contributed by atoms with Crippen molar-refractivity contribution in [2.75, 3.05) is 0 Å². The minimum atomic E-state index is -0.624. The number of carbonyl (C=O) groups excluding carboxylic acids is 1. The molecule has 3 nitrogen and oxygen atoms in total. The van der Waals surface area contributed by atoms with Crippen LogP contribution in [0.3, 0.4) is 0 Å². The topological polar surface area (TPSA) is 56.0 Å². The molecule has 0 atom stereocenters. The number of pyridine rings is 1. The summed E-state index contributed by atoms with van der Waals surface area (Å²) in [6.07, 6.45) is 0. The predicted octanol–water partition coefficient (Wildman–Crippen LogP) is 1.41. The number of hydrogen-bond acceptors (Lipinski definition) is 2. The average Bonchev–Trinajstić information content (AvgIpc) is 2.04. The zero-order valence-electron chi connectivity index (χ0n) is 6.05. The van der Waals surface area contributed by atoms with Crippen molar-refractivity contribution in [1.29, 1.82) is 0 Å². The van der Waals surface area contributed by atoms with Gasteiger partial charge in [0.05, 0.1) is 0 Å². The first-order valence-corrected chi connectivity index (χ1v) is 3.95. The maximum atomic E-state index is 12.1. The van der Waals surface area contributed by atoms with Crippen LogP contribution in [0.25, 0.3) is 0 Å². The van der Waals surface area contributed by atoms with Gasteiger partial charge in [0.15, 0.2) is 0 Å². The van der Waals surface area contributed by atoms with Gasteiger partial charge in [0.1, 0.15) is 17.0 Å². The molecule has 0 spiro atoms. The van der Waals surface area contributed by atoms with Crippen LogP contribution < -0.4 is 5.73 Å². The van der Waals surface area contributed by atoms with Crippen LogP contribution in [0, 0.1) is 0 Å². The number of nitrogens with zero attached hydrogens (tertiary/aromatic N) is 1. The number of primary amides is 1. The molecular formula is C7H6BrFN2O. The summed E-state index contributed by atoms with van der Waals surface area (Å²) in [4.78, 5) is 14.3. The number of carbonyl (C=O) groups is 1. The van der Waals surface area contributed by atoms with Crippen LogP contribution >= 0.6 is 15.9 Å². The van der Waals surface area contributed by atoms with Gasteiger partial charge in [-0.3, -0.25) is 4.79 Å². The van der Waals surface area contributed by atoms with Crippen LogP contribution in [0.2, 0.25) is 0 Å². The molecule has 1 amide bonds. The van der Waals surface area contributed by atoms with Crippen molar-refractivity contribution in [3.05, 3.63) is 28.0 Å². The zero-order chi connectivity index (χ0) is 9.14. The molecule has 1 aromatic heterocycles. The van der Waals surface area contributed by atoms with Crippen LogP contribution in [0.4, 0.5) is 4.39 Å². The van der Waals surface area contributed by atoms with Gasteiger partial charge in [0.2, 0.25) is 0 Å². The Morgan fingerprint density at radius 3 is 2.75 bits per heavy atom. The van der Waals surface area contributed by atoms with Crippen molar-refractivity contribution >= 4 is 21.8 Å². The van der Waals surface area contributed by atoms with Gasteiger partial charge in [0, 0.05) is 5.56 Å². The molecule has 0 unspecified atom stereocenters. The molecule has 0 aliphatic carbocycles. The van der Waals surface area contributed by atoms with E-state index in [1.165, 1.54) is 12.1 Å². The highest BCUT2D eigenvalue weighted by Crippen LogP contribution is 2.15. The molecule has 1 rings (SSSR count). The van der Waals surface area contributed by atoms with Crippen LogP contribution in [0.1, 0.15) is 16.1 Å². The Hall–Kier alpha value is -0.970. The molecule has 0 saturated heterocycles. The molecular weight excluding hydrogens is 227 g/mol. The molecule has 2 N–H and O–H groups in total. The van der Waals surface area contributed by atoms with Gasteiger partial charge in [-0.25, -0.2) is 9.37 Å². The second kappa shape index (κ2) is 3.62. The van der Waals surface area contributed by atoms with E-state index in [0.29, 0.717) is 10.2 Å². The molecule has 0 radical (unpaired) electrons. The zero-order valence-corrected chi connectivity index (χ0v) is 7.64. The first-order chi connectivity index (χ1) is 5.65. The fraction of sp³-hybridized carbons (Fsp3) is 0.143. The summed E-state index contributed by atoms with van der Waals surface area (Å²) in [5, 5.41) is 0. The summed E-state index contributed by atoms with van der Waals surface area (Å²) < 4.78 is 12.5. The van der Waals surface area contributed by atoms with Crippen LogP contribution in [-0.4, -0.2) is 10.9 Å². The lowest BCUT2D eigenvalue weighted by Crippen LogP contribution is -2.13. The van der Waals surface area contributed by atoms with Crippen molar-refractivity contribution in [1.82, 2.24) is 4.98 Å². The van der Waals surface area contributed by atoms with Crippen molar-refractivity contribution in [3.63, 3.8) is 0 Å². The fourth-order valence-electron chi connectivity index (χ4n) is 0.700. The molecule has 0 aliphatic rings. The van der Waals surface area contributed by atoms with E-state index in [2.05, 4.69) is 20.9 Å². The van der Waals surface area contributed by atoms with E-state index >= 15 is 0 Å². The van der Waals surface area contributed by atoms with E-state index in [1.54, 1.807) is 0 Å².